The van der Waals surface area contributed by atoms with Crippen LogP contribution in [0.25, 0.3) is 0 Å². The number of likely N-dealkylation sites (N-methyl/N-ethyl adjacent to an activating group) is 1. The Hall–Kier alpha value is -1.76. The SMILES string of the molecule is CNC(=O)[C@]1(c2ccc(OC(F)(F)F)cc2)CCCC[C@H]1O. The van der Waals surface area contributed by atoms with Gasteiger partial charge < -0.3 is 15.2 Å². The first kappa shape index (κ1) is 16.6. The summed E-state index contributed by atoms with van der Waals surface area (Å²) in [7, 11) is 1.48. The maximum absolute atomic E-state index is 12.3. The summed E-state index contributed by atoms with van der Waals surface area (Å²) in [5, 5.41) is 12.9. The third-order valence-electron chi connectivity index (χ3n) is 4.10. The number of ether oxygens (including phenoxy) is 1. The van der Waals surface area contributed by atoms with E-state index in [4.69, 9.17) is 0 Å². The van der Waals surface area contributed by atoms with Gasteiger partial charge in [-0.2, -0.15) is 0 Å². The van der Waals surface area contributed by atoms with Gasteiger partial charge in [-0.25, -0.2) is 0 Å². The van der Waals surface area contributed by atoms with Crippen LogP contribution in [0.4, 0.5) is 13.2 Å². The Kier molecular flexibility index (Phi) is 4.65. The molecule has 0 saturated heterocycles. The van der Waals surface area contributed by atoms with E-state index in [1.165, 1.54) is 19.2 Å². The van der Waals surface area contributed by atoms with Gasteiger partial charge in [0.2, 0.25) is 5.91 Å². The molecule has 1 aromatic rings. The summed E-state index contributed by atoms with van der Waals surface area (Å²) in [6, 6.07) is 5.14. The molecule has 0 heterocycles. The van der Waals surface area contributed by atoms with Crippen molar-refractivity contribution in [3.05, 3.63) is 29.8 Å². The highest BCUT2D eigenvalue weighted by atomic mass is 19.4. The molecule has 0 bridgehead atoms. The zero-order chi connectivity index (χ0) is 16.4. The molecule has 22 heavy (non-hydrogen) atoms. The smallest absolute Gasteiger partial charge is 0.406 e. The molecule has 1 saturated carbocycles. The molecular formula is C15H18F3NO3. The van der Waals surface area contributed by atoms with Crippen molar-refractivity contribution in [3.63, 3.8) is 0 Å². The lowest BCUT2D eigenvalue weighted by atomic mass is 9.66. The van der Waals surface area contributed by atoms with E-state index >= 15 is 0 Å². The van der Waals surface area contributed by atoms with Crippen molar-refractivity contribution >= 4 is 5.91 Å². The van der Waals surface area contributed by atoms with Crippen molar-refractivity contribution < 1.29 is 27.8 Å². The lowest BCUT2D eigenvalue weighted by molar-refractivity contribution is -0.274. The van der Waals surface area contributed by atoms with Crippen LogP contribution in [0.5, 0.6) is 5.75 Å². The number of nitrogens with one attached hydrogen (secondary N) is 1. The quantitative estimate of drug-likeness (QED) is 0.900. The van der Waals surface area contributed by atoms with Crippen LogP contribution < -0.4 is 10.1 Å². The minimum atomic E-state index is -4.76. The van der Waals surface area contributed by atoms with E-state index in [9.17, 15) is 23.1 Å². The second-order valence-corrected chi connectivity index (χ2v) is 5.38. The Morgan fingerprint density at radius 2 is 1.95 bits per heavy atom. The first-order chi connectivity index (χ1) is 10.3. The number of amides is 1. The molecule has 0 aliphatic heterocycles. The summed E-state index contributed by atoms with van der Waals surface area (Å²) < 4.78 is 40.4. The highest BCUT2D eigenvalue weighted by Gasteiger charge is 2.47. The number of hydrogen-bond donors (Lipinski definition) is 2. The van der Waals surface area contributed by atoms with Gasteiger partial charge in [-0.05, 0) is 30.5 Å². The van der Waals surface area contributed by atoms with Gasteiger partial charge in [0.15, 0.2) is 0 Å². The summed E-state index contributed by atoms with van der Waals surface area (Å²) in [6.07, 6.45) is -3.11. The van der Waals surface area contributed by atoms with Crippen molar-refractivity contribution in [1.82, 2.24) is 5.32 Å². The minimum Gasteiger partial charge on any atom is -0.406 e. The molecule has 122 valence electrons. The maximum atomic E-state index is 12.3. The fourth-order valence-electron chi connectivity index (χ4n) is 3.06. The molecule has 0 aromatic heterocycles. The molecule has 0 unspecified atom stereocenters. The largest absolute Gasteiger partial charge is 0.573 e. The molecule has 1 aliphatic carbocycles. The Bertz CT molecular complexity index is 530. The molecule has 2 N–H and O–H groups in total. The zero-order valence-corrected chi connectivity index (χ0v) is 12.1. The monoisotopic (exact) mass is 317 g/mol. The Labute approximate surface area is 126 Å². The van der Waals surface area contributed by atoms with Crippen LogP contribution in [0.3, 0.4) is 0 Å². The van der Waals surface area contributed by atoms with Crippen molar-refractivity contribution in [1.29, 1.82) is 0 Å². The number of aliphatic hydroxyl groups excluding tert-OH is 1. The summed E-state index contributed by atoms with van der Waals surface area (Å²) in [6.45, 7) is 0. The topological polar surface area (TPSA) is 58.6 Å². The molecule has 7 heteroatoms. The number of carbonyl (C=O) groups is 1. The number of carbonyl (C=O) groups excluding carboxylic acids is 1. The molecule has 1 fully saturated rings. The fraction of sp³-hybridized carbons (Fsp3) is 0.533. The summed E-state index contributed by atoms with van der Waals surface area (Å²) in [5.74, 6) is -0.683. The van der Waals surface area contributed by atoms with Gasteiger partial charge in [0.25, 0.3) is 0 Å². The third kappa shape index (κ3) is 3.19. The maximum Gasteiger partial charge on any atom is 0.573 e. The number of alkyl halides is 3. The number of halogens is 3. The highest BCUT2D eigenvalue weighted by molar-refractivity contribution is 5.89. The van der Waals surface area contributed by atoms with Crippen LogP contribution in [-0.2, 0) is 10.2 Å². The van der Waals surface area contributed by atoms with Gasteiger partial charge >= 0.3 is 6.36 Å². The first-order valence-electron chi connectivity index (χ1n) is 7.06. The van der Waals surface area contributed by atoms with Crippen LogP contribution >= 0.6 is 0 Å². The van der Waals surface area contributed by atoms with Crippen LogP contribution in [0, 0.1) is 0 Å². The second-order valence-electron chi connectivity index (χ2n) is 5.38. The van der Waals surface area contributed by atoms with Gasteiger partial charge in [-0.1, -0.05) is 25.0 Å². The van der Waals surface area contributed by atoms with Crippen molar-refractivity contribution in [3.8, 4) is 5.75 Å². The zero-order valence-electron chi connectivity index (χ0n) is 12.1. The Morgan fingerprint density at radius 3 is 2.45 bits per heavy atom. The van der Waals surface area contributed by atoms with E-state index < -0.39 is 17.9 Å². The predicted molar refractivity (Wildman–Crippen MR) is 73.3 cm³/mol. The molecular weight excluding hydrogens is 299 g/mol. The second kappa shape index (κ2) is 6.16. The van der Waals surface area contributed by atoms with Gasteiger partial charge in [0.05, 0.1) is 11.5 Å². The molecule has 1 aromatic carbocycles. The fourth-order valence-corrected chi connectivity index (χ4v) is 3.06. The molecule has 0 spiro atoms. The van der Waals surface area contributed by atoms with E-state index in [1.54, 1.807) is 0 Å². The van der Waals surface area contributed by atoms with E-state index in [0.29, 0.717) is 18.4 Å². The molecule has 2 atom stereocenters. The molecule has 0 radical (unpaired) electrons. The van der Waals surface area contributed by atoms with E-state index in [0.717, 1.165) is 25.0 Å². The van der Waals surface area contributed by atoms with Gasteiger partial charge in [0.1, 0.15) is 5.75 Å². The molecule has 4 nitrogen and oxygen atoms in total. The van der Waals surface area contributed by atoms with Crippen LogP contribution in [0.1, 0.15) is 31.2 Å². The van der Waals surface area contributed by atoms with Crippen molar-refractivity contribution in [2.45, 2.75) is 43.6 Å². The molecule has 1 aliphatic rings. The van der Waals surface area contributed by atoms with E-state index in [2.05, 4.69) is 10.1 Å². The predicted octanol–water partition coefficient (Wildman–Crippen LogP) is 2.50. The number of hydrogen-bond acceptors (Lipinski definition) is 3. The van der Waals surface area contributed by atoms with E-state index in [-0.39, 0.29) is 11.7 Å². The number of benzene rings is 1. The van der Waals surface area contributed by atoms with Gasteiger partial charge in [0, 0.05) is 7.05 Å². The average molecular weight is 317 g/mol. The van der Waals surface area contributed by atoms with Crippen LogP contribution in [-0.4, -0.2) is 30.5 Å². The third-order valence-corrected chi connectivity index (χ3v) is 4.10. The summed E-state index contributed by atoms with van der Waals surface area (Å²) in [4.78, 5) is 12.3. The molecule has 2 rings (SSSR count). The summed E-state index contributed by atoms with van der Waals surface area (Å²) >= 11 is 0. The van der Waals surface area contributed by atoms with Crippen molar-refractivity contribution in [2.75, 3.05) is 7.05 Å². The Balaban J connectivity index is 2.35. The number of rotatable bonds is 3. The lowest BCUT2D eigenvalue weighted by Crippen LogP contribution is -2.53. The standard InChI is InChI=1S/C15H18F3NO3/c1-19-13(21)14(9-3-2-4-12(14)20)10-5-7-11(8-6-10)22-15(16,17)18/h5-8,12,20H,2-4,9H2,1H3,(H,19,21)/t12-,14+/m1/s1. The van der Waals surface area contributed by atoms with E-state index in [1.807, 2.05) is 0 Å². The van der Waals surface area contributed by atoms with Crippen molar-refractivity contribution in [2.24, 2.45) is 0 Å². The van der Waals surface area contributed by atoms with Gasteiger partial charge in [-0.3, -0.25) is 4.79 Å². The normalized spacial score (nSPS) is 25.6. The Morgan fingerprint density at radius 1 is 1.32 bits per heavy atom. The van der Waals surface area contributed by atoms with Crippen LogP contribution in [0.15, 0.2) is 24.3 Å². The lowest BCUT2D eigenvalue weighted by Gasteiger charge is -2.40. The summed E-state index contributed by atoms with van der Waals surface area (Å²) in [5.41, 5.74) is -0.627. The highest BCUT2D eigenvalue weighted by Crippen LogP contribution is 2.40. The first-order valence-corrected chi connectivity index (χ1v) is 7.06. The average Bonchev–Trinajstić information content (AvgIpc) is 2.46. The van der Waals surface area contributed by atoms with Gasteiger partial charge in [-0.15, -0.1) is 13.2 Å². The molecule has 1 amide bonds. The van der Waals surface area contributed by atoms with Crippen LogP contribution in [0.2, 0.25) is 0 Å². The minimum absolute atomic E-state index is 0.329. The number of aliphatic hydroxyl groups is 1.